The van der Waals surface area contributed by atoms with Crippen molar-refractivity contribution in [3.63, 3.8) is 0 Å². The highest BCUT2D eigenvalue weighted by atomic mass is 32.2. The van der Waals surface area contributed by atoms with E-state index in [1.54, 1.807) is 25.1 Å². The van der Waals surface area contributed by atoms with Crippen LogP contribution < -0.4 is 14.8 Å². The summed E-state index contributed by atoms with van der Waals surface area (Å²) in [5.74, 6) is 0.187. The first-order chi connectivity index (χ1) is 16.2. The highest BCUT2D eigenvalue weighted by molar-refractivity contribution is 7.92. The van der Waals surface area contributed by atoms with E-state index in [-0.39, 0.29) is 16.8 Å². The number of fused-ring (bicyclic) bond motifs is 3. The van der Waals surface area contributed by atoms with Gasteiger partial charge in [-0.05, 0) is 76.2 Å². The minimum Gasteiger partial charge on any atom is -0.481 e. The molecule has 0 saturated carbocycles. The van der Waals surface area contributed by atoms with Gasteiger partial charge in [0.1, 0.15) is 5.75 Å². The number of rotatable bonds is 8. The SMILES string of the molecule is CCn1c2ccccc2c2cc(NS(=O)(=O)c3ccc(O[C@@H](C)C(=O)NC(C)C)cc3)ccc21. The lowest BCUT2D eigenvalue weighted by molar-refractivity contribution is -0.127. The Labute approximate surface area is 199 Å². The van der Waals surface area contributed by atoms with Crippen molar-refractivity contribution in [1.29, 1.82) is 0 Å². The van der Waals surface area contributed by atoms with Crippen molar-refractivity contribution in [2.45, 2.75) is 51.3 Å². The van der Waals surface area contributed by atoms with Crippen LogP contribution in [0.2, 0.25) is 0 Å². The molecule has 3 aromatic carbocycles. The van der Waals surface area contributed by atoms with Crippen molar-refractivity contribution in [3.8, 4) is 5.75 Å². The minimum absolute atomic E-state index is 0.00915. The first-order valence-electron chi connectivity index (χ1n) is 11.3. The van der Waals surface area contributed by atoms with Gasteiger partial charge in [0.05, 0.1) is 4.90 Å². The van der Waals surface area contributed by atoms with Crippen molar-refractivity contribution >= 4 is 43.4 Å². The topological polar surface area (TPSA) is 89.4 Å². The fourth-order valence-corrected chi connectivity index (χ4v) is 5.08. The van der Waals surface area contributed by atoms with Crippen LogP contribution >= 0.6 is 0 Å². The van der Waals surface area contributed by atoms with Crippen LogP contribution in [0, 0.1) is 0 Å². The highest BCUT2D eigenvalue weighted by Gasteiger charge is 2.18. The lowest BCUT2D eigenvalue weighted by atomic mass is 10.1. The number of benzene rings is 3. The van der Waals surface area contributed by atoms with E-state index >= 15 is 0 Å². The Balaban J connectivity index is 1.55. The summed E-state index contributed by atoms with van der Waals surface area (Å²) in [6, 6.07) is 19.7. The van der Waals surface area contributed by atoms with E-state index in [9.17, 15) is 13.2 Å². The van der Waals surface area contributed by atoms with Gasteiger partial charge in [0.2, 0.25) is 0 Å². The van der Waals surface area contributed by atoms with E-state index in [2.05, 4.69) is 27.6 Å². The van der Waals surface area contributed by atoms with E-state index < -0.39 is 16.1 Å². The predicted molar refractivity (Wildman–Crippen MR) is 136 cm³/mol. The van der Waals surface area contributed by atoms with Gasteiger partial charge in [0.15, 0.2) is 6.10 Å². The normalized spacial score (nSPS) is 12.7. The first kappa shape index (κ1) is 23.6. The molecular weight excluding hydrogens is 450 g/mol. The van der Waals surface area contributed by atoms with Crippen LogP contribution in [0.3, 0.4) is 0 Å². The van der Waals surface area contributed by atoms with Gasteiger partial charge < -0.3 is 14.6 Å². The Morgan fingerprint density at radius 3 is 2.29 bits per heavy atom. The first-order valence-corrected chi connectivity index (χ1v) is 12.8. The second kappa shape index (κ2) is 9.38. The molecule has 0 radical (unpaired) electrons. The monoisotopic (exact) mass is 479 g/mol. The Hall–Kier alpha value is -3.52. The summed E-state index contributed by atoms with van der Waals surface area (Å²) in [6.45, 7) is 8.30. The van der Waals surface area contributed by atoms with Crippen molar-refractivity contribution < 1.29 is 17.9 Å². The molecule has 34 heavy (non-hydrogen) atoms. The maximum Gasteiger partial charge on any atom is 0.261 e. The summed E-state index contributed by atoms with van der Waals surface area (Å²) in [5.41, 5.74) is 2.67. The number of nitrogens with one attached hydrogen (secondary N) is 2. The van der Waals surface area contributed by atoms with E-state index in [0.29, 0.717) is 11.4 Å². The Morgan fingerprint density at radius 2 is 1.62 bits per heavy atom. The number of aromatic nitrogens is 1. The Kier molecular flexibility index (Phi) is 6.52. The number of anilines is 1. The molecule has 4 aromatic rings. The van der Waals surface area contributed by atoms with Gasteiger partial charge in [0.25, 0.3) is 15.9 Å². The molecule has 1 heterocycles. The van der Waals surface area contributed by atoms with Crippen LogP contribution in [-0.2, 0) is 21.4 Å². The quantitative estimate of drug-likeness (QED) is 0.376. The van der Waals surface area contributed by atoms with Crippen LogP contribution in [0.1, 0.15) is 27.7 Å². The van der Waals surface area contributed by atoms with Crippen molar-refractivity contribution in [3.05, 3.63) is 66.7 Å². The molecule has 0 aliphatic heterocycles. The number of carbonyl (C=O) groups excluding carboxylic acids is 1. The summed E-state index contributed by atoms with van der Waals surface area (Å²) in [5, 5.41) is 4.86. The smallest absolute Gasteiger partial charge is 0.261 e. The number of aryl methyl sites for hydroxylation is 1. The van der Waals surface area contributed by atoms with Crippen LogP contribution in [0.4, 0.5) is 5.69 Å². The molecule has 7 nitrogen and oxygen atoms in total. The van der Waals surface area contributed by atoms with Gasteiger partial charge in [-0.25, -0.2) is 8.42 Å². The number of hydrogen-bond donors (Lipinski definition) is 2. The number of ether oxygens (including phenoxy) is 1. The molecule has 1 atom stereocenters. The fraction of sp³-hybridized carbons (Fsp3) is 0.269. The zero-order chi connectivity index (χ0) is 24.5. The number of hydrogen-bond acceptors (Lipinski definition) is 4. The third-order valence-electron chi connectivity index (χ3n) is 5.59. The van der Waals surface area contributed by atoms with E-state index in [4.69, 9.17) is 4.74 Å². The van der Waals surface area contributed by atoms with Gasteiger partial charge in [-0.15, -0.1) is 0 Å². The Morgan fingerprint density at radius 1 is 0.941 bits per heavy atom. The molecule has 0 aliphatic carbocycles. The largest absolute Gasteiger partial charge is 0.481 e. The molecule has 178 valence electrons. The molecule has 0 spiro atoms. The van der Waals surface area contributed by atoms with Crippen LogP contribution in [-0.4, -0.2) is 31.0 Å². The molecule has 0 aliphatic rings. The summed E-state index contributed by atoms with van der Waals surface area (Å²) in [7, 11) is -3.80. The summed E-state index contributed by atoms with van der Waals surface area (Å²) < 4.78 is 36.5. The fourth-order valence-electron chi connectivity index (χ4n) is 4.03. The minimum atomic E-state index is -3.80. The van der Waals surface area contributed by atoms with E-state index in [0.717, 1.165) is 28.4 Å². The summed E-state index contributed by atoms with van der Waals surface area (Å²) >= 11 is 0. The molecular formula is C26H29N3O4S. The van der Waals surface area contributed by atoms with Crippen molar-refractivity contribution in [2.75, 3.05) is 4.72 Å². The van der Waals surface area contributed by atoms with Crippen molar-refractivity contribution in [1.82, 2.24) is 9.88 Å². The third-order valence-corrected chi connectivity index (χ3v) is 6.99. The predicted octanol–water partition coefficient (Wildman–Crippen LogP) is 4.91. The molecule has 2 N–H and O–H groups in total. The number of sulfonamides is 1. The second-order valence-corrected chi connectivity index (χ2v) is 10.2. The maximum atomic E-state index is 13.0. The number of carbonyl (C=O) groups is 1. The van der Waals surface area contributed by atoms with Gasteiger partial charge in [0, 0.05) is 40.1 Å². The molecule has 0 fully saturated rings. The summed E-state index contributed by atoms with van der Waals surface area (Å²) in [4.78, 5) is 12.1. The number of amides is 1. The van der Waals surface area contributed by atoms with Crippen LogP contribution in [0.25, 0.3) is 21.8 Å². The molecule has 1 aromatic heterocycles. The highest BCUT2D eigenvalue weighted by Crippen LogP contribution is 2.31. The van der Waals surface area contributed by atoms with Crippen LogP contribution in [0.5, 0.6) is 5.75 Å². The number of para-hydroxylation sites is 1. The third kappa shape index (κ3) is 4.72. The number of nitrogens with zero attached hydrogens (tertiary/aromatic N) is 1. The molecule has 0 bridgehead atoms. The lowest BCUT2D eigenvalue weighted by Crippen LogP contribution is -2.40. The molecule has 0 saturated heterocycles. The van der Waals surface area contributed by atoms with E-state index in [1.807, 2.05) is 44.2 Å². The molecule has 0 unspecified atom stereocenters. The summed E-state index contributed by atoms with van der Waals surface area (Å²) in [6.07, 6.45) is -0.694. The van der Waals surface area contributed by atoms with Gasteiger partial charge in [-0.3, -0.25) is 9.52 Å². The second-order valence-electron chi connectivity index (χ2n) is 8.49. The molecule has 4 rings (SSSR count). The van der Waals surface area contributed by atoms with Gasteiger partial charge in [-0.1, -0.05) is 18.2 Å². The van der Waals surface area contributed by atoms with Crippen molar-refractivity contribution in [2.24, 2.45) is 0 Å². The average molecular weight is 480 g/mol. The average Bonchev–Trinajstić information content (AvgIpc) is 3.11. The van der Waals surface area contributed by atoms with Crippen LogP contribution in [0.15, 0.2) is 71.6 Å². The lowest BCUT2D eigenvalue weighted by Gasteiger charge is -2.16. The zero-order valence-electron chi connectivity index (χ0n) is 19.7. The van der Waals surface area contributed by atoms with Gasteiger partial charge in [-0.2, -0.15) is 0 Å². The molecule has 1 amide bonds. The zero-order valence-corrected chi connectivity index (χ0v) is 20.5. The van der Waals surface area contributed by atoms with E-state index in [1.165, 1.54) is 12.1 Å². The standard InChI is InChI=1S/C26H29N3O4S/c1-5-29-24-9-7-6-8-22(24)23-16-19(10-15-25(23)29)28-34(31,32)21-13-11-20(12-14-21)33-18(4)26(30)27-17(2)3/h6-18,28H,5H2,1-4H3,(H,27,30)/t18-/m0/s1. The Bertz CT molecular complexity index is 1440. The molecule has 8 heteroatoms. The maximum absolute atomic E-state index is 13.0. The van der Waals surface area contributed by atoms with Gasteiger partial charge >= 0.3 is 0 Å².